The second-order valence-electron chi connectivity index (χ2n) is 11.8. The summed E-state index contributed by atoms with van der Waals surface area (Å²) in [7, 11) is -3.59. The number of halogens is 1. The van der Waals surface area contributed by atoms with Crippen LogP contribution in [0.5, 0.6) is 0 Å². The third-order valence-electron chi connectivity index (χ3n) is 9.03. The van der Waals surface area contributed by atoms with Crippen LogP contribution in [-0.4, -0.2) is 86.7 Å². The number of piperidine rings is 1. The molecule has 3 saturated heterocycles. The van der Waals surface area contributed by atoms with E-state index in [-0.39, 0.29) is 34.5 Å². The quantitative estimate of drug-likeness (QED) is 0.450. The normalized spacial score (nSPS) is 21.7. The number of anilines is 1. The number of nitrogens with zero attached hydrogens (tertiary/aromatic N) is 5. The topological polar surface area (TPSA) is 105 Å². The average Bonchev–Trinajstić information content (AvgIpc) is 3.56. The first-order valence-electron chi connectivity index (χ1n) is 14.6. The van der Waals surface area contributed by atoms with Gasteiger partial charge in [-0.25, -0.2) is 8.42 Å². The summed E-state index contributed by atoms with van der Waals surface area (Å²) < 4.78 is 27.9. The highest BCUT2D eigenvalue weighted by atomic mass is 35.5. The minimum Gasteiger partial charge on any atom is -0.343 e. The number of rotatable bonds is 8. The molecule has 3 heterocycles. The number of carbonyl (C=O) groups is 2. The van der Waals surface area contributed by atoms with Gasteiger partial charge < -0.3 is 14.7 Å². The van der Waals surface area contributed by atoms with E-state index >= 15 is 0 Å². The average molecular weight is 612 g/mol. The van der Waals surface area contributed by atoms with Gasteiger partial charge in [0.25, 0.3) is 0 Å². The Morgan fingerprint density at radius 2 is 1.67 bits per heavy atom. The number of amides is 2. The molecule has 9 nitrogen and oxygen atoms in total. The van der Waals surface area contributed by atoms with Crippen LogP contribution in [0.25, 0.3) is 0 Å². The molecule has 2 unspecified atom stereocenters. The van der Waals surface area contributed by atoms with Crippen LogP contribution >= 0.6 is 11.6 Å². The Balaban J connectivity index is 1.17. The zero-order valence-electron chi connectivity index (χ0n) is 24.2. The predicted octanol–water partition coefficient (Wildman–Crippen LogP) is 3.75. The molecule has 0 radical (unpaired) electrons. The van der Waals surface area contributed by atoms with Crippen LogP contribution in [0.3, 0.4) is 0 Å². The molecule has 0 bridgehead atoms. The van der Waals surface area contributed by atoms with E-state index in [9.17, 15) is 18.0 Å². The Kier molecular flexibility index (Phi) is 9.23. The minimum atomic E-state index is -3.59. The van der Waals surface area contributed by atoms with Gasteiger partial charge in [0.05, 0.1) is 16.5 Å². The van der Waals surface area contributed by atoms with Crippen molar-refractivity contribution in [2.24, 2.45) is 17.8 Å². The third kappa shape index (κ3) is 6.50. The minimum absolute atomic E-state index is 0.0495. The highest BCUT2D eigenvalue weighted by Crippen LogP contribution is 2.35. The van der Waals surface area contributed by atoms with Crippen molar-refractivity contribution in [3.63, 3.8) is 0 Å². The van der Waals surface area contributed by atoms with Crippen LogP contribution in [0.15, 0.2) is 47.4 Å². The van der Waals surface area contributed by atoms with Gasteiger partial charge in [0.1, 0.15) is 0 Å². The van der Waals surface area contributed by atoms with Crippen molar-refractivity contribution >= 4 is 39.1 Å². The summed E-state index contributed by atoms with van der Waals surface area (Å²) in [5.74, 6) is 0.556. The highest BCUT2D eigenvalue weighted by Gasteiger charge is 2.44. The van der Waals surface area contributed by atoms with Crippen molar-refractivity contribution in [2.45, 2.75) is 38.0 Å². The number of sulfonamides is 1. The van der Waals surface area contributed by atoms with E-state index in [2.05, 4.69) is 4.90 Å². The lowest BCUT2D eigenvalue weighted by Crippen LogP contribution is -2.44. The smallest absolute Gasteiger partial charge is 0.243 e. The van der Waals surface area contributed by atoms with E-state index in [0.29, 0.717) is 56.2 Å². The first-order chi connectivity index (χ1) is 20.1. The molecule has 2 amide bonds. The number of nitriles is 1. The highest BCUT2D eigenvalue weighted by molar-refractivity contribution is 7.89. The monoisotopic (exact) mass is 611 g/mol. The Morgan fingerprint density at radius 1 is 1.02 bits per heavy atom. The van der Waals surface area contributed by atoms with Crippen LogP contribution < -0.4 is 4.90 Å². The van der Waals surface area contributed by atoms with Gasteiger partial charge in [0.15, 0.2) is 0 Å². The molecule has 224 valence electrons. The lowest BCUT2D eigenvalue weighted by Gasteiger charge is -2.34. The summed E-state index contributed by atoms with van der Waals surface area (Å²) in [5, 5.41) is 9.64. The molecule has 11 heteroatoms. The number of carbonyl (C=O) groups excluding carboxylic acids is 2. The van der Waals surface area contributed by atoms with E-state index in [1.54, 1.807) is 28.3 Å². The first kappa shape index (κ1) is 30.5. The van der Waals surface area contributed by atoms with Crippen molar-refractivity contribution in [2.75, 3.05) is 57.3 Å². The van der Waals surface area contributed by atoms with Crippen molar-refractivity contribution in [1.82, 2.24) is 14.1 Å². The van der Waals surface area contributed by atoms with E-state index in [0.717, 1.165) is 37.3 Å². The summed E-state index contributed by atoms with van der Waals surface area (Å²) in [6.45, 7) is 8.75. The second-order valence-corrected chi connectivity index (χ2v) is 14.1. The third-order valence-corrected chi connectivity index (χ3v) is 11.3. The lowest BCUT2D eigenvalue weighted by atomic mass is 9.94. The van der Waals surface area contributed by atoms with Crippen molar-refractivity contribution in [1.29, 1.82) is 5.26 Å². The summed E-state index contributed by atoms with van der Waals surface area (Å²) in [6.07, 6.45) is 2.11. The SMILES string of the molecule is CC(=O)N1CCC(C(=O)N(CCCN2CC3CN(S(=O)(=O)c4ccc(C#N)cc4)CC3C2)c2ccc(C)c(Cl)c2)CC1. The van der Waals surface area contributed by atoms with Gasteiger partial charge in [-0.1, -0.05) is 17.7 Å². The molecule has 2 aromatic carbocycles. The maximum Gasteiger partial charge on any atom is 0.243 e. The summed E-state index contributed by atoms with van der Waals surface area (Å²) in [5.41, 5.74) is 2.19. The van der Waals surface area contributed by atoms with Gasteiger partial charge in [-0.05, 0) is 86.5 Å². The van der Waals surface area contributed by atoms with Gasteiger partial charge in [-0.15, -0.1) is 0 Å². The fourth-order valence-corrected chi connectivity index (χ4v) is 8.24. The van der Waals surface area contributed by atoms with Crippen LogP contribution in [-0.2, 0) is 19.6 Å². The van der Waals surface area contributed by atoms with Crippen LogP contribution in [0.2, 0.25) is 5.02 Å². The molecule has 42 heavy (non-hydrogen) atoms. The zero-order chi connectivity index (χ0) is 30.0. The standard InChI is InChI=1S/C31H38ClN5O4S/c1-22-4-7-28(16-30(22)32)37(31(39)25-10-14-35(15-11-25)23(2)38)13-3-12-34-18-26-20-36(21-27(26)19-34)42(40,41)29-8-5-24(17-33)6-9-29/h4-9,16,25-27H,3,10-15,18-21H2,1-2H3. The molecule has 0 aromatic heterocycles. The van der Waals surface area contributed by atoms with E-state index in [1.165, 1.54) is 12.1 Å². The number of benzene rings is 2. The maximum atomic E-state index is 13.7. The number of hydrogen-bond acceptors (Lipinski definition) is 6. The van der Waals surface area contributed by atoms with Gasteiger partial charge in [0, 0.05) is 69.4 Å². The Morgan fingerprint density at radius 3 is 2.24 bits per heavy atom. The Labute approximate surface area is 253 Å². The van der Waals surface area contributed by atoms with Gasteiger partial charge in [-0.3, -0.25) is 9.59 Å². The fraction of sp³-hybridized carbons (Fsp3) is 0.516. The lowest BCUT2D eigenvalue weighted by molar-refractivity contribution is -0.133. The number of hydrogen-bond donors (Lipinski definition) is 0. The molecule has 0 N–H and O–H groups in total. The van der Waals surface area contributed by atoms with Crippen LogP contribution in [0, 0.1) is 36.0 Å². The molecular formula is C31H38ClN5O4S. The summed E-state index contributed by atoms with van der Waals surface area (Å²) >= 11 is 6.44. The van der Waals surface area contributed by atoms with Crippen LogP contribution in [0.4, 0.5) is 5.69 Å². The first-order valence-corrected chi connectivity index (χ1v) is 16.4. The number of aryl methyl sites for hydroxylation is 1. The molecule has 5 rings (SSSR count). The van der Waals surface area contributed by atoms with Gasteiger partial charge in [-0.2, -0.15) is 9.57 Å². The van der Waals surface area contributed by atoms with E-state index in [4.69, 9.17) is 16.9 Å². The Bertz CT molecular complexity index is 1450. The van der Waals surface area contributed by atoms with E-state index in [1.807, 2.05) is 36.1 Å². The van der Waals surface area contributed by atoms with Crippen molar-refractivity contribution in [3.8, 4) is 6.07 Å². The molecule has 3 aliphatic heterocycles. The molecule has 0 spiro atoms. The largest absolute Gasteiger partial charge is 0.343 e. The Hall–Kier alpha value is -2.97. The predicted molar refractivity (Wildman–Crippen MR) is 161 cm³/mol. The summed E-state index contributed by atoms with van der Waals surface area (Å²) in [4.78, 5) is 31.8. The van der Waals surface area contributed by atoms with Crippen molar-refractivity contribution < 1.29 is 18.0 Å². The number of fused-ring (bicyclic) bond motifs is 1. The maximum absolute atomic E-state index is 13.7. The zero-order valence-corrected chi connectivity index (χ0v) is 25.8. The second kappa shape index (κ2) is 12.7. The van der Waals surface area contributed by atoms with Gasteiger partial charge in [0.2, 0.25) is 21.8 Å². The molecule has 3 fully saturated rings. The molecule has 2 aromatic rings. The van der Waals surface area contributed by atoms with Crippen molar-refractivity contribution in [3.05, 3.63) is 58.6 Å². The number of likely N-dealkylation sites (tertiary alicyclic amines) is 2. The molecule has 0 aliphatic carbocycles. The summed E-state index contributed by atoms with van der Waals surface area (Å²) in [6, 6.07) is 13.9. The fourth-order valence-electron chi connectivity index (χ4n) is 6.51. The molecule has 2 atom stereocenters. The molecule has 0 saturated carbocycles. The van der Waals surface area contributed by atoms with Gasteiger partial charge >= 0.3 is 0 Å². The molecule has 3 aliphatic rings. The van der Waals surface area contributed by atoms with Crippen LogP contribution in [0.1, 0.15) is 37.3 Å². The van der Waals surface area contributed by atoms with E-state index < -0.39 is 10.0 Å². The molecular weight excluding hydrogens is 574 g/mol.